The summed E-state index contributed by atoms with van der Waals surface area (Å²) >= 11 is 6.17. The number of hydrogen-bond donors (Lipinski definition) is 3. The first kappa shape index (κ1) is 18.6. The molecule has 0 atom stereocenters. The maximum atomic E-state index is 13.0. The predicted octanol–water partition coefficient (Wildman–Crippen LogP) is 4.54. The first-order valence-electron chi connectivity index (χ1n) is 8.78. The highest BCUT2D eigenvalue weighted by Gasteiger charge is 2.18. The van der Waals surface area contributed by atoms with Crippen LogP contribution in [0.3, 0.4) is 0 Å². The van der Waals surface area contributed by atoms with E-state index >= 15 is 0 Å². The number of carbonyl (C=O) groups is 2. The third kappa shape index (κ3) is 3.95. The lowest BCUT2D eigenvalue weighted by molar-refractivity contribution is -0.114. The van der Waals surface area contributed by atoms with Gasteiger partial charge < -0.3 is 15.6 Å². The number of benzene rings is 2. The van der Waals surface area contributed by atoms with Gasteiger partial charge in [0.2, 0.25) is 5.91 Å². The van der Waals surface area contributed by atoms with Crippen molar-refractivity contribution in [2.75, 3.05) is 10.6 Å². The van der Waals surface area contributed by atoms with Gasteiger partial charge in [-0.25, -0.2) is 9.97 Å². The molecule has 2 heterocycles. The van der Waals surface area contributed by atoms with Gasteiger partial charge in [-0.15, -0.1) is 0 Å². The van der Waals surface area contributed by atoms with Crippen LogP contribution in [0.1, 0.15) is 22.8 Å². The summed E-state index contributed by atoms with van der Waals surface area (Å²) in [5, 5.41) is 6.89. The Balaban J connectivity index is 1.76. The molecular weight excluding hydrogens is 390 g/mol. The SMILES string of the molecule is CC(=O)Nc1cc(Cl)cc(Nc2ncnc3[nH]cc(C(=O)c4ccccc4)c23)c1. The van der Waals surface area contributed by atoms with Gasteiger partial charge in [0.1, 0.15) is 17.8 Å². The molecule has 4 rings (SSSR count). The van der Waals surface area contributed by atoms with E-state index in [1.54, 1.807) is 36.5 Å². The topological polar surface area (TPSA) is 99.8 Å². The third-order valence-electron chi connectivity index (χ3n) is 4.23. The largest absolute Gasteiger partial charge is 0.345 e. The van der Waals surface area contributed by atoms with Gasteiger partial charge >= 0.3 is 0 Å². The molecule has 0 radical (unpaired) electrons. The van der Waals surface area contributed by atoms with E-state index in [1.807, 2.05) is 18.2 Å². The molecule has 2 aromatic heterocycles. The number of fused-ring (bicyclic) bond motifs is 1. The van der Waals surface area contributed by atoms with Crippen LogP contribution >= 0.6 is 11.6 Å². The quantitative estimate of drug-likeness (QED) is 0.423. The van der Waals surface area contributed by atoms with Crippen molar-refractivity contribution >= 4 is 51.5 Å². The van der Waals surface area contributed by atoms with E-state index in [0.717, 1.165) is 0 Å². The van der Waals surface area contributed by atoms with Crippen molar-refractivity contribution in [2.24, 2.45) is 0 Å². The molecule has 0 aliphatic rings. The monoisotopic (exact) mass is 405 g/mol. The van der Waals surface area contributed by atoms with Crippen LogP contribution in [0.2, 0.25) is 5.02 Å². The number of carbonyl (C=O) groups excluding carboxylic acids is 2. The lowest BCUT2D eigenvalue weighted by atomic mass is 10.0. The Hall–Kier alpha value is -3.71. The zero-order valence-corrected chi connectivity index (χ0v) is 16.1. The lowest BCUT2D eigenvalue weighted by Crippen LogP contribution is -2.06. The minimum absolute atomic E-state index is 0.139. The minimum atomic E-state index is -0.205. The van der Waals surface area contributed by atoms with Gasteiger partial charge in [-0.05, 0) is 18.2 Å². The highest BCUT2D eigenvalue weighted by molar-refractivity contribution is 6.31. The first-order valence-corrected chi connectivity index (χ1v) is 9.16. The number of nitrogens with zero attached hydrogens (tertiary/aromatic N) is 2. The maximum Gasteiger partial charge on any atom is 0.221 e. The second kappa shape index (κ2) is 7.73. The number of aromatic nitrogens is 3. The van der Waals surface area contributed by atoms with E-state index < -0.39 is 0 Å². The molecule has 0 saturated heterocycles. The smallest absolute Gasteiger partial charge is 0.221 e. The molecule has 3 N–H and O–H groups in total. The van der Waals surface area contributed by atoms with E-state index in [1.165, 1.54) is 13.3 Å². The fourth-order valence-electron chi connectivity index (χ4n) is 3.06. The second-order valence-electron chi connectivity index (χ2n) is 6.38. The summed E-state index contributed by atoms with van der Waals surface area (Å²) in [6.07, 6.45) is 3.03. The van der Waals surface area contributed by atoms with Crippen LogP contribution in [-0.2, 0) is 4.79 Å². The number of hydrogen-bond acceptors (Lipinski definition) is 5. The second-order valence-corrected chi connectivity index (χ2v) is 6.81. The highest BCUT2D eigenvalue weighted by atomic mass is 35.5. The van der Waals surface area contributed by atoms with Crippen molar-refractivity contribution in [1.29, 1.82) is 0 Å². The van der Waals surface area contributed by atoms with E-state index in [0.29, 0.717) is 44.4 Å². The number of anilines is 3. The zero-order valence-electron chi connectivity index (χ0n) is 15.4. The third-order valence-corrected chi connectivity index (χ3v) is 4.45. The summed E-state index contributed by atoms with van der Waals surface area (Å²) < 4.78 is 0. The van der Waals surface area contributed by atoms with Gasteiger partial charge in [-0.3, -0.25) is 9.59 Å². The fourth-order valence-corrected chi connectivity index (χ4v) is 3.29. The van der Waals surface area contributed by atoms with Crippen molar-refractivity contribution in [2.45, 2.75) is 6.92 Å². The minimum Gasteiger partial charge on any atom is -0.345 e. The molecule has 0 unspecified atom stereocenters. The molecule has 1 amide bonds. The molecule has 0 bridgehead atoms. The average Bonchev–Trinajstić information content (AvgIpc) is 3.12. The van der Waals surface area contributed by atoms with Crippen molar-refractivity contribution < 1.29 is 9.59 Å². The predicted molar refractivity (Wildman–Crippen MR) is 113 cm³/mol. The van der Waals surface area contributed by atoms with E-state index in [-0.39, 0.29) is 11.7 Å². The standard InChI is InChI=1S/C21H16ClN5O2/c1-12(28)26-15-7-14(22)8-16(9-15)27-21-18-17(10-23-20(18)24-11-25-21)19(29)13-5-3-2-4-6-13/h2-11H,1H3,(H,26,28)(H2,23,24,25,27). The molecule has 0 aliphatic heterocycles. The van der Waals surface area contributed by atoms with Crippen molar-refractivity contribution in [3.63, 3.8) is 0 Å². The molecular formula is C21H16ClN5O2. The Kier molecular flexibility index (Phi) is 4.97. The summed E-state index contributed by atoms with van der Waals surface area (Å²) in [7, 11) is 0. The van der Waals surface area contributed by atoms with Gasteiger partial charge in [0.25, 0.3) is 0 Å². The van der Waals surface area contributed by atoms with Crippen LogP contribution in [0.15, 0.2) is 61.1 Å². The number of rotatable bonds is 5. The molecule has 2 aromatic carbocycles. The molecule has 4 aromatic rings. The molecule has 0 spiro atoms. The van der Waals surface area contributed by atoms with Gasteiger partial charge in [0.05, 0.1) is 10.9 Å². The summed E-state index contributed by atoms with van der Waals surface area (Å²) in [5.74, 6) is 0.107. The molecule has 0 saturated carbocycles. The average molecular weight is 406 g/mol. The Morgan fingerprint density at radius 1 is 1.03 bits per heavy atom. The molecule has 7 nitrogen and oxygen atoms in total. The van der Waals surface area contributed by atoms with Crippen LogP contribution in [0.5, 0.6) is 0 Å². The van der Waals surface area contributed by atoms with Crippen LogP contribution in [-0.4, -0.2) is 26.6 Å². The summed E-state index contributed by atoms with van der Waals surface area (Å²) in [6.45, 7) is 1.42. The Bertz CT molecular complexity index is 1220. The maximum absolute atomic E-state index is 13.0. The summed E-state index contributed by atoms with van der Waals surface area (Å²) in [4.78, 5) is 35.9. The van der Waals surface area contributed by atoms with Crippen LogP contribution < -0.4 is 10.6 Å². The van der Waals surface area contributed by atoms with Gasteiger partial charge in [-0.1, -0.05) is 41.9 Å². The molecule has 29 heavy (non-hydrogen) atoms. The molecule has 0 fully saturated rings. The molecule has 144 valence electrons. The van der Waals surface area contributed by atoms with Crippen molar-refractivity contribution in [3.05, 3.63) is 77.2 Å². The Labute approximate surface area is 171 Å². The number of nitrogens with one attached hydrogen (secondary N) is 3. The molecule has 8 heteroatoms. The van der Waals surface area contributed by atoms with Gasteiger partial charge in [0, 0.05) is 35.1 Å². The van der Waals surface area contributed by atoms with Crippen LogP contribution in [0.25, 0.3) is 11.0 Å². The highest BCUT2D eigenvalue weighted by Crippen LogP contribution is 2.30. The normalized spacial score (nSPS) is 10.7. The van der Waals surface area contributed by atoms with Crippen LogP contribution in [0, 0.1) is 0 Å². The van der Waals surface area contributed by atoms with E-state index in [9.17, 15) is 9.59 Å². The van der Waals surface area contributed by atoms with Crippen molar-refractivity contribution in [3.8, 4) is 0 Å². The Morgan fingerprint density at radius 2 is 1.79 bits per heavy atom. The van der Waals surface area contributed by atoms with E-state index in [2.05, 4.69) is 25.6 Å². The fraction of sp³-hybridized carbons (Fsp3) is 0.0476. The van der Waals surface area contributed by atoms with Gasteiger partial charge in [-0.2, -0.15) is 0 Å². The first-order chi connectivity index (χ1) is 14.0. The van der Waals surface area contributed by atoms with Gasteiger partial charge in [0.15, 0.2) is 5.78 Å². The number of aromatic amines is 1. The number of H-pyrrole nitrogens is 1. The summed E-state index contributed by atoms with van der Waals surface area (Å²) in [5.41, 5.74) is 2.72. The number of amides is 1. The van der Waals surface area contributed by atoms with E-state index in [4.69, 9.17) is 11.6 Å². The lowest BCUT2D eigenvalue weighted by Gasteiger charge is -2.11. The molecule has 0 aliphatic carbocycles. The number of ketones is 1. The number of halogens is 1. The van der Waals surface area contributed by atoms with Crippen LogP contribution in [0.4, 0.5) is 17.2 Å². The zero-order chi connectivity index (χ0) is 20.4. The van der Waals surface area contributed by atoms with Crippen molar-refractivity contribution in [1.82, 2.24) is 15.0 Å². The summed E-state index contributed by atoms with van der Waals surface area (Å²) in [6, 6.07) is 14.1. The Morgan fingerprint density at radius 3 is 2.55 bits per heavy atom.